The van der Waals surface area contributed by atoms with Crippen LogP contribution in [0.15, 0.2) is 64.5 Å². The fourth-order valence-electron chi connectivity index (χ4n) is 3.32. The minimum atomic E-state index is -0.299. The molecule has 1 aromatic heterocycles. The monoisotopic (exact) mass is 469 g/mol. The van der Waals surface area contributed by atoms with Gasteiger partial charge in [-0.3, -0.25) is 14.2 Å². The van der Waals surface area contributed by atoms with Crippen molar-refractivity contribution >= 4 is 17.7 Å². The second kappa shape index (κ2) is 12.3. The van der Waals surface area contributed by atoms with Gasteiger partial charge in [0.25, 0.3) is 5.56 Å². The number of thioether (sulfide) groups is 1. The standard InChI is InChI=1S/C25H28FN3O3S/c1-29-24(31)21(15-18-7-4-3-5-8-18)22(17-32-2)28-25(29)33-14-6-9-23(30)27-16-19-10-12-20(26)13-11-19/h3-5,7-8,10-13H,6,9,14-17H2,1-2H3,(H,27,30). The molecule has 0 saturated heterocycles. The van der Waals surface area contributed by atoms with E-state index in [-0.39, 0.29) is 23.9 Å². The Morgan fingerprint density at radius 3 is 2.55 bits per heavy atom. The van der Waals surface area contributed by atoms with Crippen LogP contribution in [0.25, 0.3) is 0 Å². The summed E-state index contributed by atoms with van der Waals surface area (Å²) >= 11 is 1.45. The van der Waals surface area contributed by atoms with E-state index in [1.54, 1.807) is 30.9 Å². The molecule has 8 heteroatoms. The first-order chi connectivity index (χ1) is 16.0. The lowest BCUT2D eigenvalue weighted by molar-refractivity contribution is -0.121. The van der Waals surface area contributed by atoms with E-state index in [1.165, 1.54) is 23.9 Å². The summed E-state index contributed by atoms with van der Waals surface area (Å²) in [5.41, 5.74) is 3.08. The zero-order chi connectivity index (χ0) is 23.6. The minimum absolute atomic E-state index is 0.0694. The fraction of sp³-hybridized carbons (Fsp3) is 0.320. The summed E-state index contributed by atoms with van der Waals surface area (Å²) in [6.45, 7) is 0.628. The molecule has 0 aliphatic rings. The van der Waals surface area contributed by atoms with Crippen molar-refractivity contribution in [2.24, 2.45) is 7.05 Å². The third-order valence-corrected chi connectivity index (χ3v) is 6.23. The smallest absolute Gasteiger partial charge is 0.257 e. The van der Waals surface area contributed by atoms with Gasteiger partial charge in [-0.25, -0.2) is 9.37 Å². The highest BCUT2D eigenvalue weighted by atomic mass is 32.2. The number of hydrogen-bond donors (Lipinski definition) is 1. The quantitative estimate of drug-likeness (QED) is 0.262. The van der Waals surface area contributed by atoms with Crippen molar-refractivity contribution < 1.29 is 13.9 Å². The molecule has 0 fully saturated rings. The van der Waals surface area contributed by atoms with Gasteiger partial charge < -0.3 is 10.1 Å². The summed E-state index contributed by atoms with van der Waals surface area (Å²) < 4.78 is 19.8. The first kappa shape index (κ1) is 24.7. The van der Waals surface area contributed by atoms with Gasteiger partial charge in [-0.05, 0) is 29.7 Å². The van der Waals surface area contributed by atoms with Crippen molar-refractivity contribution in [2.45, 2.75) is 37.6 Å². The molecule has 2 aromatic carbocycles. The summed E-state index contributed by atoms with van der Waals surface area (Å²) in [6.07, 6.45) is 1.50. The highest BCUT2D eigenvalue weighted by Crippen LogP contribution is 2.19. The zero-order valence-electron chi connectivity index (χ0n) is 18.8. The molecule has 0 aliphatic heterocycles. The Morgan fingerprint density at radius 1 is 1.12 bits per heavy atom. The van der Waals surface area contributed by atoms with E-state index in [4.69, 9.17) is 4.74 Å². The van der Waals surface area contributed by atoms with E-state index in [2.05, 4.69) is 10.3 Å². The van der Waals surface area contributed by atoms with Crippen LogP contribution in [0.3, 0.4) is 0 Å². The maximum absolute atomic E-state index is 13.0. The number of carbonyl (C=O) groups is 1. The van der Waals surface area contributed by atoms with Gasteiger partial charge in [0.05, 0.1) is 12.3 Å². The first-order valence-electron chi connectivity index (χ1n) is 10.7. The lowest BCUT2D eigenvalue weighted by Gasteiger charge is -2.14. The summed E-state index contributed by atoms with van der Waals surface area (Å²) in [6, 6.07) is 15.9. The van der Waals surface area contributed by atoms with E-state index in [9.17, 15) is 14.0 Å². The van der Waals surface area contributed by atoms with Gasteiger partial charge in [0.1, 0.15) is 5.82 Å². The fourth-order valence-corrected chi connectivity index (χ4v) is 4.24. The van der Waals surface area contributed by atoms with Crippen molar-refractivity contribution in [1.29, 1.82) is 0 Å². The molecule has 0 unspecified atom stereocenters. The number of nitrogens with zero attached hydrogens (tertiary/aromatic N) is 2. The molecule has 33 heavy (non-hydrogen) atoms. The molecule has 6 nitrogen and oxygen atoms in total. The van der Waals surface area contributed by atoms with E-state index in [0.29, 0.717) is 48.0 Å². The van der Waals surface area contributed by atoms with Crippen molar-refractivity contribution in [2.75, 3.05) is 12.9 Å². The number of methoxy groups -OCH3 is 1. The number of carbonyl (C=O) groups excluding carboxylic acids is 1. The topological polar surface area (TPSA) is 73.2 Å². The predicted octanol–water partition coefficient (Wildman–Crippen LogP) is 3.85. The van der Waals surface area contributed by atoms with Gasteiger partial charge >= 0.3 is 0 Å². The SMILES string of the molecule is COCc1nc(SCCCC(=O)NCc2ccc(F)cc2)n(C)c(=O)c1Cc1ccccc1. The lowest BCUT2D eigenvalue weighted by atomic mass is 10.0. The van der Waals surface area contributed by atoms with Crippen molar-refractivity contribution in [3.05, 3.63) is 93.2 Å². The Morgan fingerprint density at radius 2 is 1.85 bits per heavy atom. The van der Waals surface area contributed by atoms with Crippen LogP contribution in [0.2, 0.25) is 0 Å². The van der Waals surface area contributed by atoms with Crippen LogP contribution < -0.4 is 10.9 Å². The normalized spacial score (nSPS) is 10.9. The van der Waals surface area contributed by atoms with Crippen LogP contribution in [0.4, 0.5) is 4.39 Å². The van der Waals surface area contributed by atoms with Crippen LogP contribution >= 0.6 is 11.8 Å². The Labute approximate surface area is 197 Å². The average molecular weight is 470 g/mol. The Kier molecular flexibility index (Phi) is 9.21. The van der Waals surface area contributed by atoms with Gasteiger partial charge in [0.2, 0.25) is 5.91 Å². The van der Waals surface area contributed by atoms with Crippen molar-refractivity contribution in [3.8, 4) is 0 Å². The highest BCUT2D eigenvalue weighted by Gasteiger charge is 2.16. The number of rotatable bonds is 11. The summed E-state index contributed by atoms with van der Waals surface area (Å²) in [5, 5.41) is 3.44. The third kappa shape index (κ3) is 7.27. The largest absolute Gasteiger partial charge is 0.378 e. The molecule has 0 bridgehead atoms. The third-order valence-electron chi connectivity index (χ3n) is 5.12. The molecule has 174 valence electrons. The number of amides is 1. The van der Waals surface area contributed by atoms with Crippen LogP contribution in [0.1, 0.15) is 35.2 Å². The number of nitrogens with one attached hydrogen (secondary N) is 1. The Hall–Kier alpha value is -2.97. The number of hydrogen-bond acceptors (Lipinski definition) is 5. The van der Waals surface area contributed by atoms with Gasteiger partial charge in [-0.1, -0.05) is 54.2 Å². The van der Waals surface area contributed by atoms with Crippen LogP contribution in [0, 0.1) is 5.82 Å². The molecule has 0 radical (unpaired) electrons. The second-order valence-corrected chi connectivity index (χ2v) is 8.70. The van der Waals surface area contributed by atoms with Gasteiger partial charge in [-0.2, -0.15) is 0 Å². The first-order valence-corrected chi connectivity index (χ1v) is 11.7. The minimum Gasteiger partial charge on any atom is -0.378 e. The number of benzene rings is 2. The molecule has 0 spiro atoms. The van der Waals surface area contributed by atoms with Crippen LogP contribution in [-0.4, -0.2) is 28.3 Å². The second-order valence-electron chi connectivity index (χ2n) is 7.63. The Bertz CT molecular complexity index is 1120. The lowest BCUT2D eigenvalue weighted by Crippen LogP contribution is -2.27. The molecule has 0 aliphatic carbocycles. The average Bonchev–Trinajstić information content (AvgIpc) is 2.82. The highest BCUT2D eigenvalue weighted by molar-refractivity contribution is 7.99. The van der Waals surface area contributed by atoms with E-state index in [1.807, 2.05) is 30.3 Å². The molecule has 3 rings (SSSR count). The Balaban J connectivity index is 1.56. The molecule has 0 atom stereocenters. The molecule has 1 amide bonds. The van der Waals surface area contributed by atoms with E-state index in [0.717, 1.165) is 11.1 Å². The van der Waals surface area contributed by atoms with Crippen molar-refractivity contribution in [1.82, 2.24) is 14.9 Å². The molecule has 1 N–H and O–H groups in total. The molecular formula is C25H28FN3O3S. The maximum Gasteiger partial charge on any atom is 0.257 e. The number of ether oxygens (including phenoxy) is 1. The summed E-state index contributed by atoms with van der Waals surface area (Å²) in [4.78, 5) is 29.8. The summed E-state index contributed by atoms with van der Waals surface area (Å²) in [5.74, 6) is 0.279. The van der Waals surface area contributed by atoms with Gasteiger partial charge in [-0.15, -0.1) is 0 Å². The van der Waals surface area contributed by atoms with Gasteiger partial charge in [0, 0.05) is 44.9 Å². The summed E-state index contributed by atoms with van der Waals surface area (Å²) in [7, 11) is 3.31. The van der Waals surface area contributed by atoms with Gasteiger partial charge in [0.15, 0.2) is 5.16 Å². The van der Waals surface area contributed by atoms with E-state index < -0.39 is 0 Å². The van der Waals surface area contributed by atoms with Crippen molar-refractivity contribution in [3.63, 3.8) is 0 Å². The molecule has 0 saturated carbocycles. The van der Waals surface area contributed by atoms with Crippen LogP contribution in [0.5, 0.6) is 0 Å². The molecular weight excluding hydrogens is 441 g/mol. The number of aromatic nitrogens is 2. The number of halogens is 1. The molecule has 1 heterocycles. The maximum atomic E-state index is 13.0. The van der Waals surface area contributed by atoms with E-state index >= 15 is 0 Å². The predicted molar refractivity (Wildman–Crippen MR) is 128 cm³/mol. The van der Waals surface area contributed by atoms with Crippen LogP contribution in [-0.2, 0) is 36.2 Å². The molecule has 3 aromatic rings. The zero-order valence-corrected chi connectivity index (χ0v) is 19.7.